The summed E-state index contributed by atoms with van der Waals surface area (Å²) in [5, 5.41) is 0. The van der Waals surface area contributed by atoms with Crippen molar-refractivity contribution in [2.75, 3.05) is 0 Å². The highest BCUT2D eigenvalue weighted by Gasteiger charge is 2.06. The lowest BCUT2D eigenvalue weighted by molar-refractivity contribution is 0.393. The van der Waals surface area contributed by atoms with Crippen LogP contribution in [0.25, 0.3) is 0 Å². The van der Waals surface area contributed by atoms with Crippen molar-refractivity contribution in [2.45, 2.75) is 119 Å². The monoisotopic (exact) mass is 350 g/mol. The van der Waals surface area contributed by atoms with Crippen LogP contribution in [0.15, 0.2) is 12.2 Å². The fourth-order valence-electron chi connectivity index (χ4n) is 3.63. The van der Waals surface area contributed by atoms with Crippen LogP contribution in [0.4, 0.5) is 0 Å². The second-order valence-electron chi connectivity index (χ2n) is 9.77. The van der Waals surface area contributed by atoms with Crippen molar-refractivity contribution in [3.63, 3.8) is 0 Å². The highest BCUT2D eigenvalue weighted by Crippen LogP contribution is 2.21. The fourth-order valence-corrected chi connectivity index (χ4v) is 3.63. The molecule has 0 saturated heterocycles. The number of hydrogen-bond acceptors (Lipinski definition) is 0. The first-order valence-electron chi connectivity index (χ1n) is 11.5. The van der Waals surface area contributed by atoms with Crippen LogP contribution in [0.2, 0.25) is 0 Å². The third-order valence-electron chi connectivity index (χ3n) is 5.60. The molecule has 0 spiro atoms. The van der Waals surface area contributed by atoms with Gasteiger partial charge in [0.25, 0.3) is 0 Å². The van der Waals surface area contributed by atoms with Gasteiger partial charge in [0.15, 0.2) is 0 Å². The second-order valence-corrected chi connectivity index (χ2v) is 9.77. The Balaban J connectivity index is 3.59. The van der Waals surface area contributed by atoms with E-state index in [1.165, 1.54) is 70.6 Å². The molecule has 0 aromatic heterocycles. The minimum Gasteiger partial charge on any atom is -0.0883 e. The summed E-state index contributed by atoms with van der Waals surface area (Å²) in [6.07, 6.45) is 20.2. The van der Waals surface area contributed by atoms with Crippen LogP contribution in [0, 0.1) is 29.6 Å². The maximum atomic E-state index is 2.46. The molecule has 0 N–H and O–H groups in total. The van der Waals surface area contributed by atoms with Crippen LogP contribution in [-0.2, 0) is 0 Å². The Bertz CT molecular complexity index is 299. The molecule has 0 aromatic rings. The van der Waals surface area contributed by atoms with Gasteiger partial charge in [0.05, 0.1) is 0 Å². The van der Waals surface area contributed by atoms with Gasteiger partial charge in [-0.05, 0) is 48.9 Å². The molecule has 150 valence electrons. The summed E-state index contributed by atoms with van der Waals surface area (Å²) in [5.41, 5.74) is 0. The molecule has 0 heteroatoms. The van der Waals surface area contributed by atoms with E-state index in [0.29, 0.717) is 0 Å². The van der Waals surface area contributed by atoms with Gasteiger partial charge in [0.2, 0.25) is 0 Å². The van der Waals surface area contributed by atoms with Crippen LogP contribution in [0.1, 0.15) is 119 Å². The SMILES string of the molecule is CC(C)CCCC(C)C=CCCC(C)CCCC(C)CCCC(C)C. The summed E-state index contributed by atoms with van der Waals surface area (Å²) in [4.78, 5) is 0. The van der Waals surface area contributed by atoms with E-state index in [1.807, 2.05) is 0 Å². The summed E-state index contributed by atoms with van der Waals surface area (Å²) in [7, 11) is 0. The van der Waals surface area contributed by atoms with E-state index in [-0.39, 0.29) is 0 Å². The Labute approximate surface area is 161 Å². The third kappa shape index (κ3) is 18.3. The number of allylic oxidation sites excluding steroid dienone is 2. The molecule has 25 heavy (non-hydrogen) atoms. The molecule has 3 unspecified atom stereocenters. The molecule has 0 aliphatic rings. The molecule has 0 fully saturated rings. The van der Waals surface area contributed by atoms with E-state index in [9.17, 15) is 0 Å². The first kappa shape index (κ1) is 24.7. The van der Waals surface area contributed by atoms with E-state index in [4.69, 9.17) is 0 Å². The largest absolute Gasteiger partial charge is 0.0883 e. The van der Waals surface area contributed by atoms with Crippen molar-refractivity contribution in [3.8, 4) is 0 Å². The maximum absolute atomic E-state index is 2.46. The van der Waals surface area contributed by atoms with Crippen LogP contribution < -0.4 is 0 Å². The Morgan fingerprint density at radius 1 is 0.520 bits per heavy atom. The number of hydrogen-bond donors (Lipinski definition) is 0. The minimum atomic E-state index is 0.765. The lowest BCUT2D eigenvalue weighted by atomic mass is 9.92. The highest BCUT2D eigenvalue weighted by molar-refractivity contribution is 4.86. The van der Waals surface area contributed by atoms with Crippen molar-refractivity contribution in [1.82, 2.24) is 0 Å². The van der Waals surface area contributed by atoms with Crippen LogP contribution in [0.3, 0.4) is 0 Å². The predicted octanol–water partition coefficient (Wildman–Crippen LogP) is 9.05. The second kappa shape index (κ2) is 16.0. The molecule has 0 aliphatic carbocycles. The Morgan fingerprint density at radius 2 is 0.960 bits per heavy atom. The first-order chi connectivity index (χ1) is 11.8. The van der Waals surface area contributed by atoms with E-state index in [1.54, 1.807) is 0 Å². The zero-order valence-corrected chi connectivity index (χ0v) is 18.8. The van der Waals surface area contributed by atoms with Crippen LogP contribution in [-0.4, -0.2) is 0 Å². The lowest BCUT2D eigenvalue weighted by Gasteiger charge is -2.14. The van der Waals surface area contributed by atoms with Gasteiger partial charge < -0.3 is 0 Å². The Kier molecular flexibility index (Phi) is 15.8. The highest BCUT2D eigenvalue weighted by atomic mass is 14.1. The van der Waals surface area contributed by atoms with E-state index < -0.39 is 0 Å². The van der Waals surface area contributed by atoms with Crippen molar-refractivity contribution in [3.05, 3.63) is 12.2 Å². The zero-order valence-electron chi connectivity index (χ0n) is 18.8. The van der Waals surface area contributed by atoms with Crippen molar-refractivity contribution in [2.24, 2.45) is 29.6 Å². The summed E-state index contributed by atoms with van der Waals surface area (Å²) >= 11 is 0. The molecular weight excluding hydrogens is 300 g/mol. The topological polar surface area (TPSA) is 0 Å². The van der Waals surface area contributed by atoms with Crippen LogP contribution in [0.5, 0.6) is 0 Å². The predicted molar refractivity (Wildman–Crippen MR) is 117 cm³/mol. The molecule has 0 heterocycles. The molecule has 0 bridgehead atoms. The van der Waals surface area contributed by atoms with E-state index >= 15 is 0 Å². The van der Waals surface area contributed by atoms with Gasteiger partial charge in [-0.1, -0.05) is 112 Å². The van der Waals surface area contributed by atoms with Gasteiger partial charge in [0.1, 0.15) is 0 Å². The standard InChI is InChI=1S/C25H50/c1-21(2)13-10-17-23(5)15-8-9-16-24(6)19-12-20-25(7)18-11-14-22(3)4/h8,15,21-25H,9-14,16-20H2,1-7H3. The van der Waals surface area contributed by atoms with Crippen molar-refractivity contribution < 1.29 is 0 Å². The molecular formula is C25H50. The summed E-state index contributed by atoms with van der Waals surface area (Å²) in [6, 6.07) is 0. The molecule has 0 saturated carbocycles. The quantitative estimate of drug-likeness (QED) is 0.243. The molecule has 0 amide bonds. The zero-order chi connectivity index (χ0) is 19.1. The average Bonchev–Trinajstić information content (AvgIpc) is 2.51. The smallest absolute Gasteiger partial charge is 0.0262 e. The molecule has 3 atom stereocenters. The minimum absolute atomic E-state index is 0.765. The van der Waals surface area contributed by atoms with Crippen LogP contribution >= 0.6 is 0 Å². The Morgan fingerprint density at radius 3 is 1.48 bits per heavy atom. The molecule has 0 nitrogen and oxygen atoms in total. The average molecular weight is 351 g/mol. The Hall–Kier alpha value is -0.260. The number of rotatable bonds is 16. The summed E-state index contributed by atoms with van der Waals surface area (Å²) in [5.74, 6) is 4.31. The molecule has 0 aliphatic heterocycles. The van der Waals surface area contributed by atoms with E-state index in [0.717, 1.165) is 29.6 Å². The summed E-state index contributed by atoms with van der Waals surface area (Å²) in [6.45, 7) is 16.6. The van der Waals surface area contributed by atoms with Gasteiger partial charge in [-0.2, -0.15) is 0 Å². The van der Waals surface area contributed by atoms with Gasteiger partial charge >= 0.3 is 0 Å². The van der Waals surface area contributed by atoms with Crippen molar-refractivity contribution >= 4 is 0 Å². The normalized spacial score (nSPS) is 16.0. The van der Waals surface area contributed by atoms with E-state index in [2.05, 4.69) is 60.6 Å². The third-order valence-corrected chi connectivity index (χ3v) is 5.60. The van der Waals surface area contributed by atoms with Crippen molar-refractivity contribution in [1.29, 1.82) is 0 Å². The van der Waals surface area contributed by atoms with Gasteiger partial charge in [-0.15, -0.1) is 0 Å². The summed E-state index contributed by atoms with van der Waals surface area (Å²) < 4.78 is 0. The fraction of sp³-hybridized carbons (Fsp3) is 0.920. The van der Waals surface area contributed by atoms with Gasteiger partial charge in [0, 0.05) is 0 Å². The van der Waals surface area contributed by atoms with Gasteiger partial charge in [-0.25, -0.2) is 0 Å². The maximum Gasteiger partial charge on any atom is -0.0262 e. The molecule has 0 aromatic carbocycles. The van der Waals surface area contributed by atoms with Gasteiger partial charge in [-0.3, -0.25) is 0 Å². The molecule has 0 radical (unpaired) electrons. The first-order valence-corrected chi connectivity index (χ1v) is 11.5. The molecule has 0 rings (SSSR count). The lowest BCUT2D eigenvalue weighted by Crippen LogP contribution is -2.00.